The number of aliphatic carboxylic acids is 1. The number of hydrogen-bond donors (Lipinski definition) is 1. The summed E-state index contributed by atoms with van der Waals surface area (Å²) < 4.78 is 5.46. The maximum Gasteiger partial charge on any atom is 0.326 e. The van der Waals surface area contributed by atoms with Gasteiger partial charge in [-0.15, -0.1) is 0 Å². The first kappa shape index (κ1) is 14.0. The number of ether oxygens (including phenoxy) is 1. The van der Waals surface area contributed by atoms with Crippen molar-refractivity contribution in [2.45, 2.75) is 32.9 Å². The number of rotatable bonds is 3. The highest BCUT2D eigenvalue weighted by molar-refractivity contribution is 6.05. The molecular formula is C14H15NO5. The second-order valence-electron chi connectivity index (χ2n) is 4.72. The molecule has 1 heterocycles. The third kappa shape index (κ3) is 2.24. The van der Waals surface area contributed by atoms with Gasteiger partial charge in [-0.05, 0) is 39.0 Å². The molecule has 2 rings (SSSR count). The van der Waals surface area contributed by atoms with Crippen LogP contribution in [0.5, 0.6) is 5.75 Å². The van der Waals surface area contributed by atoms with Gasteiger partial charge in [0.2, 0.25) is 0 Å². The largest absolute Gasteiger partial charge is 0.480 e. The number of ketones is 1. The second-order valence-corrected chi connectivity index (χ2v) is 4.72. The van der Waals surface area contributed by atoms with Crippen LogP contribution in [0.1, 0.15) is 31.1 Å². The van der Waals surface area contributed by atoms with Crippen LogP contribution >= 0.6 is 0 Å². The fraction of sp³-hybridized carbons (Fsp3) is 0.357. The monoisotopic (exact) mass is 277 g/mol. The molecule has 0 aliphatic carbocycles. The molecule has 0 bridgehead atoms. The zero-order valence-electron chi connectivity index (χ0n) is 11.4. The minimum atomic E-state index is -1.10. The van der Waals surface area contributed by atoms with Gasteiger partial charge in [-0.3, -0.25) is 14.5 Å². The molecule has 0 fully saturated rings. The molecule has 0 aromatic heterocycles. The fourth-order valence-corrected chi connectivity index (χ4v) is 2.09. The highest BCUT2D eigenvalue weighted by Crippen LogP contribution is 2.36. The van der Waals surface area contributed by atoms with Crippen molar-refractivity contribution in [3.8, 4) is 5.75 Å². The van der Waals surface area contributed by atoms with Crippen molar-refractivity contribution in [1.82, 2.24) is 0 Å². The summed E-state index contributed by atoms with van der Waals surface area (Å²) in [5, 5.41) is 9.12. The van der Waals surface area contributed by atoms with Crippen molar-refractivity contribution >= 4 is 23.3 Å². The Bertz CT molecular complexity index is 595. The van der Waals surface area contributed by atoms with Gasteiger partial charge in [-0.2, -0.15) is 0 Å². The Labute approximate surface area is 115 Å². The van der Waals surface area contributed by atoms with Gasteiger partial charge in [0.1, 0.15) is 11.8 Å². The summed E-state index contributed by atoms with van der Waals surface area (Å²) in [5.74, 6) is -1.30. The molecule has 1 amide bonds. The zero-order chi connectivity index (χ0) is 15.0. The Morgan fingerprint density at radius 3 is 2.60 bits per heavy atom. The number of carboxylic acids is 1. The molecule has 106 valence electrons. The number of carbonyl (C=O) groups excluding carboxylic acids is 2. The minimum Gasteiger partial charge on any atom is -0.480 e. The third-order valence-corrected chi connectivity index (χ3v) is 3.26. The quantitative estimate of drug-likeness (QED) is 0.846. The summed E-state index contributed by atoms with van der Waals surface area (Å²) in [6.07, 6.45) is -0.786. The molecule has 0 saturated heterocycles. The normalized spacial score (nSPS) is 19.1. The van der Waals surface area contributed by atoms with Crippen LogP contribution in [0.2, 0.25) is 0 Å². The lowest BCUT2D eigenvalue weighted by Crippen LogP contribution is -2.51. The van der Waals surface area contributed by atoms with Gasteiger partial charge in [0.15, 0.2) is 11.9 Å². The molecule has 6 heteroatoms. The molecule has 2 atom stereocenters. The molecule has 1 aromatic rings. The summed E-state index contributed by atoms with van der Waals surface area (Å²) in [6.45, 7) is 4.41. The van der Waals surface area contributed by atoms with Gasteiger partial charge in [0.05, 0.1) is 5.69 Å². The van der Waals surface area contributed by atoms with E-state index in [0.29, 0.717) is 17.0 Å². The standard InChI is InChI=1S/C14H15NO5/c1-7(14(18)19)15-11-5-4-10(8(2)16)6-12(11)20-9(3)13(15)17/h4-7,9H,1-3H3,(H,18,19). The molecule has 1 aliphatic rings. The molecule has 0 saturated carbocycles. The lowest BCUT2D eigenvalue weighted by molar-refractivity contribution is -0.140. The van der Waals surface area contributed by atoms with Gasteiger partial charge in [0, 0.05) is 5.56 Å². The first-order chi connectivity index (χ1) is 9.32. The number of carbonyl (C=O) groups is 3. The van der Waals surface area contributed by atoms with E-state index in [-0.39, 0.29) is 5.78 Å². The van der Waals surface area contributed by atoms with Gasteiger partial charge in [-0.1, -0.05) is 0 Å². The lowest BCUT2D eigenvalue weighted by Gasteiger charge is -2.35. The highest BCUT2D eigenvalue weighted by Gasteiger charge is 2.37. The van der Waals surface area contributed by atoms with E-state index in [4.69, 9.17) is 9.84 Å². The Balaban J connectivity index is 2.53. The van der Waals surface area contributed by atoms with Crippen LogP contribution in [0.3, 0.4) is 0 Å². The van der Waals surface area contributed by atoms with Crippen LogP contribution in [0.25, 0.3) is 0 Å². The molecule has 2 unspecified atom stereocenters. The fourth-order valence-electron chi connectivity index (χ4n) is 2.09. The first-order valence-electron chi connectivity index (χ1n) is 6.20. The van der Waals surface area contributed by atoms with E-state index < -0.39 is 24.0 Å². The average Bonchev–Trinajstić information content (AvgIpc) is 2.38. The third-order valence-electron chi connectivity index (χ3n) is 3.26. The molecule has 1 aliphatic heterocycles. The maximum atomic E-state index is 12.1. The van der Waals surface area contributed by atoms with Crippen LogP contribution in [0.4, 0.5) is 5.69 Å². The number of anilines is 1. The number of benzene rings is 1. The summed E-state index contributed by atoms with van der Waals surface area (Å²) >= 11 is 0. The number of fused-ring (bicyclic) bond motifs is 1. The molecule has 6 nitrogen and oxygen atoms in total. The van der Waals surface area contributed by atoms with E-state index in [1.165, 1.54) is 30.9 Å². The smallest absolute Gasteiger partial charge is 0.326 e. The van der Waals surface area contributed by atoms with Crippen molar-refractivity contribution < 1.29 is 24.2 Å². The van der Waals surface area contributed by atoms with Crippen LogP contribution in [0, 0.1) is 0 Å². The van der Waals surface area contributed by atoms with Crippen molar-refractivity contribution in [2.75, 3.05) is 4.90 Å². The van der Waals surface area contributed by atoms with E-state index in [0.717, 1.165) is 0 Å². The minimum absolute atomic E-state index is 0.126. The van der Waals surface area contributed by atoms with E-state index in [1.807, 2.05) is 0 Å². The lowest BCUT2D eigenvalue weighted by atomic mass is 10.1. The van der Waals surface area contributed by atoms with E-state index in [1.54, 1.807) is 13.0 Å². The number of carboxylic acid groups (broad SMARTS) is 1. The first-order valence-corrected chi connectivity index (χ1v) is 6.20. The van der Waals surface area contributed by atoms with Crippen molar-refractivity contribution in [1.29, 1.82) is 0 Å². The second kappa shape index (κ2) is 4.96. The molecule has 1 aromatic carbocycles. The summed E-state index contributed by atoms with van der Waals surface area (Å²) in [4.78, 5) is 35.8. The predicted molar refractivity (Wildman–Crippen MR) is 71.1 cm³/mol. The topological polar surface area (TPSA) is 83.9 Å². The Kier molecular flexibility index (Phi) is 3.48. The Morgan fingerprint density at radius 2 is 2.05 bits per heavy atom. The summed E-state index contributed by atoms with van der Waals surface area (Å²) in [5.41, 5.74) is 0.821. The number of amides is 1. The molecule has 20 heavy (non-hydrogen) atoms. The van der Waals surface area contributed by atoms with Gasteiger partial charge in [-0.25, -0.2) is 4.79 Å². The number of hydrogen-bond acceptors (Lipinski definition) is 4. The summed E-state index contributed by atoms with van der Waals surface area (Å²) in [7, 11) is 0. The zero-order valence-corrected chi connectivity index (χ0v) is 11.4. The van der Waals surface area contributed by atoms with Crippen LogP contribution < -0.4 is 9.64 Å². The highest BCUT2D eigenvalue weighted by atomic mass is 16.5. The molecule has 1 N–H and O–H groups in total. The molecular weight excluding hydrogens is 262 g/mol. The van der Waals surface area contributed by atoms with E-state index in [9.17, 15) is 14.4 Å². The van der Waals surface area contributed by atoms with Gasteiger partial charge >= 0.3 is 5.97 Å². The van der Waals surface area contributed by atoms with Crippen molar-refractivity contribution in [3.05, 3.63) is 23.8 Å². The van der Waals surface area contributed by atoms with Crippen LogP contribution in [-0.2, 0) is 9.59 Å². The number of Topliss-reactive ketones (excluding diaryl/α,β-unsaturated/α-hetero) is 1. The van der Waals surface area contributed by atoms with Crippen molar-refractivity contribution in [2.24, 2.45) is 0 Å². The molecule has 0 radical (unpaired) electrons. The van der Waals surface area contributed by atoms with Crippen LogP contribution in [0.15, 0.2) is 18.2 Å². The van der Waals surface area contributed by atoms with E-state index in [2.05, 4.69) is 0 Å². The summed E-state index contributed by atoms with van der Waals surface area (Å²) in [6, 6.07) is 3.61. The molecule has 0 spiro atoms. The van der Waals surface area contributed by atoms with Crippen molar-refractivity contribution in [3.63, 3.8) is 0 Å². The Hall–Kier alpha value is -2.37. The number of nitrogens with zero attached hydrogens (tertiary/aromatic N) is 1. The maximum absolute atomic E-state index is 12.1. The SMILES string of the molecule is CC(=O)c1ccc2c(c1)OC(C)C(=O)N2C(C)C(=O)O. The predicted octanol–water partition coefficient (Wildman–Crippen LogP) is 1.48. The van der Waals surface area contributed by atoms with Crippen LogP contribution in [-0.4, -0.2) is 34.9 Å². The van der Waals surface area contributed by atoms with Gasteiger partial charge in [0.25, 0.3) is 5.91 Å². The van der Waals surface area contributed by atoms with Gasteiger partial charge < -0.3 is 9.84 Å². The average molecular weight is 277 g/mol. The Morgan fingerprint density at radius 1 is 1.40 bits per heavy atom. The van der Waals surface area contributed by atoms with E-state index >= 15 is 0 Å².